The summed E-state index contributed by atoms with van der Waals surface area (Å²) < 4.78 is 15.1. The Kier molecular flexibility index (Phi) is 15.4. The van der Waals surface area contributed by atoms with Crippen LogP contribution in [0.25, 0.3) is 226 Å². The number of para-hydroxylation sites is 4. The fourth-order valence-corrected chi connectivity index (χ4v) is 17.1. The minimum absolute atomic E-state index is 0.503. The summed E-state index contributed by atoms with van der Waals surface area (Å²) in [5.41, 5.74) is 14.0. The van der Waals surface area contributed by atoms with Crippen LogP contribution in [0, 0.1) is 0 Å². The van der Waals surface area contributed by atoms with Crippen molar-refractivity contribution in [3.05, 3.63) is 369 Å². The molecule has 0 aliphatic heterocycles. The number of nitrogens with one attached hydrogen (secondary N) is 1. The summed E-state index contributed by atoms with van der Waals surface area (Å²) in [6, 6.07) is 126. The summed E-state index contributed by atoms with van der Waals surface area (Å²) in [5, 5.41) is 23.4. The van der Waals surface area contributed by atoms with Crippen molar-refractivity contribution in [3.63, 3.8) is 0 Å². The second-order valence-corrected chi connectivity index (χ2v) is 28.9. The molecular formula is C102H61ClN8O2. The highest BCUT2D eigenvalue weighted by Gasteiger charge is 2.27. The van der Waals surface area contributed by atoms with Crippen molar-refractivity contribution in [2.24, 2.45) is 0 Å². The van der Waals surface area contributed by atoms with Crippen molar-refractivity contribution in [2.45, 2.75) is 0 Å². The average molecular weight is 1470 g/mol. The molecule has 18 aromatic carbocycles. The van der Waals surface area contributed by atoms with Gasteiger partial charge in [-0.15, -0.1) is 0 Å². The standard InChI is InChI=1S/C51H30N4O.C35H20ClN3O.C16H11N/c1-2-14-31(15-3-1)49-52-50(41-29-34-18-6-7-19-35(34)36-20-8-9-21-37(36)41)54-51(53-49)48-43(26-27-46-47(48)39-23-11-13-25-45(39)56-46)55-42-24-12-10-22-38(42)40-28-32-16-4-5-17-33(32)30-44(40)55;36-28-18-19-30-31(26-16-8-9-17-29(26)40-30)32(28)35-38-33(21-10-2-1-3-11-21)37-34(39-35)27-20-22-12-4-5-13-23(22)24-14-6-7-15-25(24)27;1-2-6-12-10-16-14(9-11(12)5-1)13-7-3-4-8-15(13)17-16/h1-30H;1-20H;1-10,17H. The van der Waals surface area contributed by atoms with Crippen LogP contribution in [0.15, 0.2) is 373 Å². The first-order valence-electron chi connectivity index (χ1n) is 37.7. The largest absolute Gasteiger partial charge is 0.456 e. The molecule has 0 aliphatic carbocycles. The molecule has 1 N–H and O–H groups in total. The molecule has 113 heavy (non-hydrogen) atoms. The minimum Gasteiger partial charge on any atom is -0.456 e. The van der Waals surface area contributed by atoms with Crippen LogP contribution in [0.1, 0.15) is 0 Å². The van der Waals surface area contributed by atoms with Gasteiger partial charge in [-0.05, 0) is 150 Å². The Hall–Kier alpha value is -15.0. The molecule has 528 valence electrons. The molecule has 0 unspecified atom stereocenters. The average Bonchev–Trinajstić information content (AvgIpc) is 1.59. The van der Waals surface area contributed by atoms with Crippen LogP contribution < -0.4 is 0 Å². The van der Waals surface area contributed by atoms with Crippen molar-refractivity contribution in [3.8, 4) is 74.0 Å². The van der Waals surface area contributed by atoms with Gasteiger partial charge in [0.2, 0.25) is 0 Å². The molecule has 0 amide bonds. The number of halogens is 1. The second-order valence-electron chi connectivity index (χ2n) is 28.5. The van der Waals surface area contributed by atoms with Crippen LogP contribution in [-0.2, 0) is 0 Å². The molecule has 0 radical (unpaired) electrons. The third kappa shape index (κ3) is 11.1. The molecule has 0 atom stereocenters. The first-order chi connectivity index (χ1) is 55.9. The number of nitrogens with zero attached hydrogens (tertiary/aromatic N) is 7. The molecular weight excluding hydrogens is 1400 g/mol. The van der Waals surface area contributed by atoms with E-state index >= 15 is 0 Å². The number of hydrogen-bond acceptors (Lipinski definition) is 8. The van der Waals surface area contributed by atoms with Gasteiger partial charge in [-0.25, -0.2) is 29.9 Å². The zero-order valence-corrected chi connectivity index (χ0v) is 61.2. The Labute approximate surface area is 650 Å². The van der Waals surface area contributed by atoms with Gasteiger partial charge in [-0.2, -0.15) is 0 Å². The summed E-state index contributed by atoms with van der Waals surface area (Å²) in [6.45, 7) is 0. The van der Waals surface area contributed by atoms with Gasteiger partial charge in [0, 0.05) is 81.9 Å². The van der Waals surface area contributed by atoms with Crippen molar-refractivity contribution < 1.29 is 8.83 Å². The number of fused-ring (bicyclic) bond motifs is 20. The molecule has 0 saturated heterocycles. The first-order valence-corrected chi connectivity index (χ1v) is 38.1. The monoisotopic (exact) mass is 1460 g/mol. The Morgan fingerprint density at radius 2 is 0.637 bits per heavy atom. The highest BCUT2D eigenvalue weighted by molar-refractivity contribution is 6.36. The summed E-state index contributed by atoms with van der Waals surface area (Å²) in [4.78, 5) is 34.7. The fraction of sp³-hybridized carbons (Fsp3) is 0. The van der Waals surface area contributed by atoms with Crippen LogP contribution in [0.3, 0.4) is 0 Å². The number of rotatable bonds is 7. The molecule has 24 rings (SSSR count). The van der Waals surface area contributed by atoms with Crippen molar-refractivity contribution in [1.29, 1.82) is 0 Å². The topological polar surface area (TPSA) is 124 Å². The lowest BCUT2D eigenvalue weighted by molar-refractivity contribution is 0.668. The molecule has 6 aromatic heterocycles. The summed E-state index contributed by atoms with van der Waals surface area (Å²) >= 11 is 6.92. The second kappa shape index (κ2) is 26.7. The zero-order valence-electron chi connectivity index (χ0n) is 60.5. The van der Waals surface area contributed by atoms with E-state index in [4.69, 9.17) is 50.3 Å². The van der Waals surface area contributed by atoms with Crippen LogP contribution in [-0.4, -0.2) is 39.5 Å². The zero-order chi connectivity index (χ0) is 74.6. The highest BCUT2D eigenvalue weighted by atomic mass is 35.5. The maximum Gasteiger partial charge on any atom is 0.166 e. The fourth-order valence-electron chi connectivity index (χ4n) is 16.8. The van der Waals surface area contributed by atoms with E-state index in [-0.39, 0.29) is 0 Å². The lowest BCUT2D eigenvalue weighted by Crippen LogP contribution is -2.04. The van der Waals surface area contributed by atoms with Crippen molar-refractivity contribution >= 4 is 164 Å². The number of furan rings is 2. The molecule has 6 heterocycles. The lowest BCUT2D eigenvalue weighted by Gasteiger charge is -2.16. The molecule has 0 bridgehead atoms. The van der Waals surface area contributed by atoms with Gasteiger partial charge in [0.25, 0.3) is 0 Å². The smallest absolute Gasteiger partial charge is 0.166 e. The van der Waals surface area contributed by atoms with E-state index in [1.165, 1.54) is 64.9 Å². The summed E-state index contributed by atoms with van der Waals surface area (Å²) in [6.07, 6.45) is 0. The quantitative estimate of drug-likeness (QED) is 0.157. The molecule has 0 saturated carbocycles. The van der Waals surface area contributed by atoms with Gasteiger partial charge in [-0.1, -0.05) is 291 Å². The molecule has 0 spiro atoms. The SMILES string of the molecule is Clc1ccc2oc3ccccc3c2c1-c1nc(-c2ccccc2)nc(-c2cc3ccccc3c3ccccc23)n1.c1ccc(-c2nc(-c3cc4ccccc4c4ccccc34)nc(-c3c(-n4c5ccccc5c5cc6ccccc6cc54)ccc4oc5ccccc5c34)n2)cc1.c1ccc2cc3c(cc2c1)[nH]c1ccccc13. The van der Waals surface area contributed by atoms with Gasteiger partial charge >= 0.3 is 0 Å². The first kappa shape index (κ1) is 65.1. The number of aromatic amines is 1. The molecule has 10 nitrogen and oxygen atoms in total. The van der Waals surface area contributed by atoms with E-state index in [1.807, 2.05) is 97.1 Å². The van der Waals surface area contributed by atoms with E-state index in [2.05, 4.69) is 276 Å². The Morgan fingerprint density at radius 3 is 1.20 bits per heavy atom. The molecule has 0 aliphatic rings. The maximum atomic E-state index is 6.92. The van der Waals surface area contributed by atoms with Crippen LogP contribution in [0.5, 0.6) is 0 Å². The van der Waals surface area contributed by atoms with E-state index < -0.39 is 0 Å². The summed E-state index contributed by atoms with van der Waals surface area (Å²) in [5.74, 6) is 3.46. The molecule has 0 fully saturated rings. The van der Waals surface area contributed by atoms with Crippen molar-refractivity contribution in [2.75, 3.05) is 0 Å². The van der Waals surface area contributed by atoms with E-state index in [1.54, 1.807) is 0 Å². The normalized spacial score (nSPS) is 11.8. The van der Waals surface area contributed by atoms with E-state index in [0.29, 0.717) is 40.0 Å². The highest BCUT2D eigenvalue weighted by Crippen LogP contribution is 2.47. The summed E-state index contributed by atoms with van der Waals surface area (Å²) in [7, 11) is 0. The van der Waals surface area contributed by atoms with Gasteiger partial charge in [-0.3, -0.25) is 0 Å². The van der Waals surface area contributed by atoms with E-state index in [9.17, 15) is 0 Å². The van der Waals surface area contributed by atoms with Crippen LogP contribution in [0.2, 0.25) is 5.02 Å². The maximum absolute atomic E-state index is 6.92. The Morgan fingerprint density at radius 1 is 0.239 bits per heavy atom. The molecule has 24 aromatic rings. The van der Waals surface area contributed by atoms with Gasteiger partial charge in [0.05, 0.1) is 27.3 Å². The molecule has 11 heteroatoms. The van der Waals surface area contributed by atoms with Gasteiger partial charge in [0.15, 0.2) is 34.9 Å². The minimum atomic E-state index is 0.503. The number of hydrogen-bond donors (Lipinski definition) is 1. The van der Waals surface area contributed by atoms with Crippen LogP contribution >= 0.6 is 11.6 Å². The number of H-pyrrole nitrogens is 1. The van der Waals surface area contributed by atoms with Gasteiger partial charge in [0.1, 0.15) is 22.3 Å². The van der Waals surface area contributed by atoms with Crippen molar-refractivity contribution in [1.82, 2.24) is 39.5 Å². The predicted octanol–water partition coefficient (Wildman–Crippen LogP) is 27.5. The number of aromatic nitrogens is 8. The number of benzene rings is 18. The third-order valence-electron chi connectivity index (χ3n) is 22.0. The Bertz CT molecular complexity index is 7980. The van der Waals surface area contributed by atoms with E-state index in [0.717, 1.165) is 126 Å². The third-order valence-corrected chi connectivity index (χ3v) is 22.3. The van der Waals surface area contributed by atoms with Crippen LogP contribution in [0.4, 0.5) is 0 Å². The lowest BCUT2D eigenvalue weighted by atomic mass is 9.96. The van der Waals surface area contributed by atoms with Gasteiger partial charge < -0.3 is 18.4 Å². The predicted molar refractivity (Wildman–Crippen MR) is 467 cm³/mol. The Balaban J connectivity index is 0.000000118.